The van der Waals surface area contributed by atoms with E-state index in [2.05, 4.69) is 10.2 Å². The highest BCUT2D eigenvalue weighted by molar-refractivity contribution is 7.20. The lowest BCUT2D eigenvalue weighted by atomic mass is 10.0. The molecule has 74 heavy (non-hydrogen) atoms. The molecule has 0 aliphatic heterocycles. The van der Waals surface area contributed by atoms with Crippen LogP contribution in [-0.4, -0.2) is 88.5 Å². The van der Waals surface area contributed by atoms with Crippen molar-refractivity contribution in [1.82, 2.24) is 9.80 Å². The quantitative estimate of drug-likeness (QED) is 0.0279. The van der Waals surface area contributed by atoms with Gasteiger partial charge in [0.25, 0.3) is 0 Å². The van der Waals surface area contributed by atoms with Crippen LogP contribution >= 0.6 is 22.7 Å². The highest BCUT2D eigenvalue weighted by Gasteiger charge is 2.35. The Labute approximate surface area is 435 Å². The molecule has 392 valence electrons. The number of halogens is 4. The van der Waals surface area contributed by atoms with E-state index in [9.17, 15) is 19.2 Å². The van der Waals surface area contributed by atoms with Crippen molar-refractivity contribution in [3.05, 3.63) is 142 Å². The van der Waals surface area contributed by atoms with Crippen LogP contribution in [-0.2, 0) is 45.1 Å². The maximum absolute atomic E-state index is 15.1. The van der Waals surface area contributed by atoms with Gasteiger partial charge in [-0.05, 0) is 115 Å². The number of carbonyl (C=O) groups excluding carboxylic acids is 4. The summed E-state index contributed by atoms with van der Waals surface area (Å²) in [5.41, 5.74) is 2.63. The third-order valence-electron chi connectivity index (χ3n) is 11.0. The summed E-state index contributed by atoms with van der Waals surface area (Å²) in [6, 6.07) is 20.8. The number of carbonyl (C=O) groups is 4. The van der Waals surface area contributed by atoms with Gasteiger partial charge in [-0.2, -0.15) is 10.2 Å². The predicted octanol–water partition coefficient (Wildman–Crippen LogP) is 13.7. The molecule has 0 N–H and O–H groups in total. The van der Waals surface area contributed by atoms with Gasteiger partial charge in [0.1, 0.15) is 33.3 Å². The number of anilines is 2. The van der Waals surface area contributed by atoms with Crippen LogP contribution in [0.1, 0.15) is 83.5 Å². The van der Waals surface area contributed by atoms with E-state index in [0.717, 1.165) is 56.7 Å². The first-order chi connectivity index (χ1) is 35.5. The number of nitrogens with zero attached hydrogens (tertiary/aromatic N) is 6. The molecule has 14 nitrogen and oxygen atoms in total. The molecule has 4 aromatic carbocycles. The maximum atomic E-state index is 15.1. The number of rotatable bonds is 22. The number of hydrogen-bond acceptors (Lipinski definition) is 14. The normalized spacial score (nSPS) is 11.4. The molecule has 2 amide bonds. The smallest absolute Gasteiger partial charge is 0.415 e. The number of ether oxygens (including phenoxy) is 4. The first-order valence-corrected chi connectivity index (χ1v) is 25.5. The summed E-state index contributed by atoms with van der Waals surface area (Å²) in [7, 11) is 7.26. The van der Waals surface area contributed by atoms with Gasteiger partial charge in [0, 0.05) is 45.1 Å². The Hall–Kier alpha value is -7.00. The summed E-state index contributed by atoms with van der Waals surface area (Å²) in [5.74, 6) is -4.93. The van der Waals surface area contributed by atoms with Gasteiger partial charge in [-0.1, -0.05) is 50.2 Å². The average molecular weight is 1060 g/mol. The number of benzene rings is 4. The lowest BCUT2D eigenvalue weighted by molar-refractivity contribution is 0.0516. The van der Waals surface area contributed by atoms with Crippen molar-refractivity contribution in [2.45, 2.75) is 66.7 Å². The monoisotopic (exact) mass is 1060 g/mol. The maximum Gasteiger partial charge on any atom is 0.415 e. The number of thiophene rings is 2. The van der Waals surface area contributed by atoms with Crippen LogP contribution in [0.4, 0.5) is 48.5 Å². The molecule has 0 spiro atoms. The zero-order valence-corrected chi connectivity index (χ0v) is 44.1. The van der Waals surface area contributed by atoms with Crippen LogP contribution < -0.4 is 9.80 Å². The number of amides is 2. The first-order valence-electron chi connectivity index (χ1n) is 23.8. The van der Waals surface area contributed by atoms with Gasteiger partial charge >= 0.3 is 24.1 Å². The Morgan fingerprint density at radius 3 is 1.11 bits per heavy atom. The molecular formula is C54H58F4N6O8S2. The van der Waals surface area contributed by atoms with Gasteiger partial charge in [0.05, 0.1) is 62.0 Å². The number of esters is 2. The van der Waals surface area contributed by atoms with Gasteiger partial charge in [-0.25, -0.2) is 36.7 Å². The Kier molecular flexibility index (Phi) is 20.0. The minimum atomic E-state index is -0.894. The van der Waals surface area contributed by atoms with Crippen molar-refractivity contribution >= 4 is 68.2 Å². The molecule has 0 atom stereocenters. The van der Waals surface area contributed by atoms with E-state index in [1.54, 1.807) is 76.2 Å². The van der Waals surface area contributed by atoms with Crippen LogP contribution in [0.2, 0.25) is 0 Å². The van der Waals surface area contributed by atoms with E-state index in [1.807, 2.05) is 38.0 Å². The predicted molar refractivity (Wildman–Crippen MR) is 279 cm³/mol. The lowest BCUT2D eigenvalue weighted by Gasteiger charge is -2.23. The minimum absolute atomic E-state index is 0.0238. The molecule has 0 saturated heterocycles. The summed E-state index contributed by atoms with van der Waals surface area (Å²) >= 11 is 2.17. The molecule has 6 aromatic rings. The van der Waals surface area contributed by atoms with Gasteiger partial charge in [0.2, 0.25) is 0 Å². The topological polar surface area (TPSA) is 143 Å². The molecule has 20 heteroatoms. The van der Waals surface area contributed by atoms with Gasteiger partial charge in [-0.3, -0.25) is 9.80 Å². The van der Waals surface area contributed by atoms with E-state index in [1.165, 1.54) is 12.1 Å². The number of hydrogen-bond donors (Lipinski definition) is 0. The molecule has 0 saturated carbocycles. The second kappa shape index (κ2) is 26.3. The van der Waals surface area contributed by atoms with Crippen LogP contribution in [0.15, 0.2) is 95.2 Å². The van der Waals surface area contributed by atoms with Crippen molar-refractivity contribution in [2.24, 2.45) is 10.2 Å². The lowest BCUT2D eigenvalue weighted by Crippen LogP contribution is -2.33. The van der Waals surface area contributed by atoms with Crippen LogP contribution in [0, 0.1) is 23.3 Å². The summed E-state index contributed by atoms with van der Waals surface area (Å²) in [5, 5.41) is 9.12. The van der Waals surface area contributed by atoms with E-state index in [-0.39, 0.29) is 71.8 Å². The first kappa shape index (κ1) is 56.3. The molecule has 0 aliphatic carbocycles. The van der Waals surface area contributed by atoms with Crippen molar-refractivity contribution in [3.8, 4) is 20.9 Å². The molecule has 0 unspecified atom stereocenters. The summed E-state index contributed by atoms with van der Waals surface area (Å²) in [6.45, 7) is 6.34. The fourth-order valence-corrected chi connectivity index (χ4v) is 10.2. The molecular weight excluding hydrogens is 1000 g/mol. The zero-order chi connectivity index (χ0) is 53.6. The molecule has 0 radical (unpaired) electrons. The molecule has 2 aromatic heterocycles. The molecule has 6 rings (SSSR count). The second-order valence-corrected chi connectivity index (χ2v) is 19.2. The average Bonchev–Trinajstić information content (AvgIpc) is 3.92. The highest BCUT2D eigenvalue weighted by atomic mass is 32.1. The van der Waals surface area contributed by atoms with Gasteiger partial charge < -0.3 is 28.7 Å². The third-order valence-corrected chi connectivity index (χ3v) is 13.6. The second-order valence-electron chi connectivity index (χ2n) is 17.2. The Morgan fingerprint density at radius 2 is 0.811 bits per heavy atom. The zero-order valence-electron chi connectivity index (χ0n) is 42.4. The summed E-state index contributed by atoms with van der Waals surface area (Å²) in [6.07, 6.45) is -0.831. The fraction of sp³-hybridized carbons (Fsp3) is 0.333. The highest BCUT2D eigenvalue weighted by Crippen LogP contribution is 2.46. The van der Waals surface area contributed by atoms with Crippen molar-refractivity contribution < 1.29 is 55.7 Å². The van der Waals surface area contributed by atoms with E-state index < -0.39 is 60.5 Å². The summed E-state index contributed by atoms with van der Waals surface area (Å²) < 4.78 is 82.5. The van der Waals surface area contributed by atoms with Crippen LogP contribution in [0.3, 0.4) is 0 Å². The fourth-order valence-electron chi connectivity index (χ4n) is 7.64. The SMILES string of the molecule is CCCOC(=O)N(Cc1c(F)cccc1F)c1sc(-c2ccc(N=Nc3ccc(-c4sc(N(Cc5c(F)cccc5F)C(=O)OCCC)c(C(=O)OCC)c4CN(C)C)cc3)cc2)c(CN(C)C)c1C(=O)OCC. The Morgan fingerprint density at radius 1 is 0.473 bits per heavy atom. The molecule has 2 heterocycles. The van der Waals surface area contributed by atoms with Crippen molar-refractivity contribution in [3.63, 3.8) is 0 Å². The van der Waals surface area contributed by atoms with Crippen molar-refractivity contribution in [1.29, 1.82) is 0 Å². The van der Waals surface area contributed by atoms with Gasteiger partial charge in [-0.15, -0.1) is 22.7 Å². The van der Waals surface area contributed by atoms with Crippen LogP contribution in [0.25, 0.3) is 20.9 Å². The largest absolute Gasteiger partial charge is 0.462 e. The standard InChI is InChI=1S/C54H58F4N6O8S2/c1-9-27-71-53(67)63(31-37-41(55)15-13-16-42(37)56)49-45(51(65)69-11-3)39(29-61(5)6)47(73-49)33-19-23-35(24-20-33)59-60-36-25-21-34(22-26-36)48-40(30-62(7)8)46(52(66)70-12-4)50(74-48)64(54(68)72-28-10-2)32-38-43(57)17-14-18-44(38)58/h13-26H,9-12,27-32H2,1-8H3. The number of azo groups is 1. The van der Waals surface area contributed by atoms with Gasteiger partial charge in [0.15, 0.2) is 0 Å². The van der Waals surface area contributed by atoms with Crippen LogP contribution in [0.5, 0.6) is 0 Å². The Balaban J connectivity index is 1.37. The molecule has 0 fully saturated rings. The van der Waals surface area contributed by atoms with Crippen molar-refractivity contribution in [2.75, 3.05) is 64.4 Å². The summed E-state index contributed by atoms with van der Waals surface area (Å²) in [4.78, 5) is 62.2. The Bertz CT molecular complexity index is 2730. The van der Waals surface area contributed by atoms with E-state index >= 15 is 17.6 Å². The van der Waals surface area contributed by atoms with E-state index in [4.69, 9.17) is 18.9 Å². The van der Waals surface area contributed by atoms with E-state index in [0.29, 0.717) is 56.2 Å². The molecule has 0 bridgehead atoms. The third kappa shape index (κ3) is 13.6. The minimum Gasteiger partial charge on any atom is -0.462 e. The molecule has 0 aliphatic rings.